The van der Waals surface area contributed by atoms with Crippen molar-refractivity contribution < 1.29 is 22.6 Å². The second kappa shape index (κ2) is 4.06. The van der Waals surface area contributed by atoms with Gasteiger partial charge >= 0.3 is 0 Å². The molecule has 3 nitrogen and oxygen atoms in total. The molecule has 15 heavy (non-hydrogen) atoms. The van der Waals surface area contributed by atoms with Gasteiger partial charge in [0.2, 0.25) is 0 Å². The molecule has 1 atom stereocenters. The normalized spacial score (nSPS) is 20.6. The predicted molar refractivity (Wildman–Crippen MR) is 44.0 cm³/mol. The van der Waals surface area contributed by atoms with Crippen LogP contribution in [0.1, 0.15) is 6.42 Å². The van der Waals surface area contributed by atoms with Crippen LogP contribution < -0.4 is 4.74 Å². The molecule has 0 aromatic carbocycles. The molecule has 1 aliphatic heterocycles. The highest BCUT2D eigenvalue weighted by atomic mass is 19.2. The van der Waals surface area contributed by atoms with Crippen molar-refractivity contribution in [2.45, 2.75) is 12.5 Å². The molecule has 6 heteroatoms. The standard InChI is InChI=1S/C9H8F3NO2/c10-6-3-7(11)9(13-8(6)12)15-5-1-2-14-4-5/h3,5H,1-2,4H2. The van der Waals surface area contributed by atoms with Gasteiger partial charge in [-0.15, -0.1) is 0 Å². The average molecular weight is 219 g/mol. The van der Waals surface area contributed by atoms with Gasteiger partial charge in [-0.3, -0.25) is 0 Å². The van der Waals surface area contributed by atoms with E-state index in [0.29, 0.717) is 25.7 Å². The van der Waals surface area contributed by atoms with Gasteiger partial charge in [-0.25, -0.2) is 8.78 Å². The monoisotopic (exact) mass is 219 g/mol. The summed E-state index contributed by atoms with van der Waals surface area (Å²) in [5.41, 5.74) is 0. The van der Waals surface area contributed by atoms with Gasteiger partial charge in [0.15, 0.2) is 11.6 Å². The van der Waals surface area contributed by atoms with E-state index in [2.05, 4.69) is 4.98 Å². The van der Waals surface area contributed by atoms with Gasteiger partial charge in [-0.05, 0) is 0 Å². The van der Waals surface area contributed by atoms with Gasteiger partial charge in [0.25, 0.3) is 11.8 Å². The number of ether oxygens (including phenoxy) is 2. The first-order valence-electron chi connectivity index (χ1n) is 4.43. The van der Waals surface area contributed by atoms with Crippen LogP contribution in [-0.2, 0) is 4.74 Å². The lowest BCUT2D eigenvalue weighted by Gasteiger charge is -2.11. The molecule has 1 saturated heterocycles. The van der Waals surface area contributed by atoms with E-state index in [1.165, 1.54) is 0 Å². The third kappa shape index (κ3) is 2.20. The number of hydrogen-bond donors (Lipinski definition) is 0. The zero-order chi connectivity index (χ0) is 10.8. The maximum Gasteiger partial charge on any atom is 0.253 e. The fourth-order valence-electron chi connectivity index (χ4n) is 1.27. The van der Waals surface area contributed by atoms with Crippen molar-refractivity contribution >= 4 is 0 Å². The summed E-state index contributed by atoms with van der Waals surface area (Å²) in [5, 5.41) is 0. The summed E-state index contributed by atoms with van der Waals surface area (Å²) in [6, 6.07) is 0.410. The van der Waals surface area contributed by atoms with Crippen LogP contribution in [0.5, 0.6) is 5.88 Å². The van der Waals surface area contributed by atoms with E-state index in [1.54, 1.807) is 0 Å². The number of aromatic nitrogens is 1. The minimum atomic E-state index is -1.37. The Morgan fingerprint density at radius 2 is 2.13 bits per heavy atom. The molecule has 1 aromatic rings. The molecule has 1 fully saturated rings. The second-order valence-electron chi connectivity index (χ2n) is 3.15. The van der Waals surface area contributed by atoms with Crippen molar-refractivity contribution in [3.63, 3.8) is 0 Å². The van der Waals surface area contributed by atoms with Crippen LogP contribution in [-0.4, -0.2) is 24.3 Å². The van der Waals surface area contributed by atoms with E-state index in [9.17, 15) is 13.2 Å². The van der Waals surface area contributed by atoms with Crippen LogP contribution in [0, 0.1) is 17.6 Å². The average Bonchev–Trinajstić information content (AvgIpc) is 2.67. The summed E-state index contributed by atoms with van der Waals surface area (Å²) in [6.07, 6.45) is 0.233. The zero-order valence-corrected chi connectivity index (χ0v) is 7.67. The van der Waals surface area contributed by atoms with Crippen molar-refractivity contribution in [2.24, 2.45) is 0 Å². The first-order chi connectivity index (χ1) is 7.16. The highest BCUT2D eigenvalue weighted by molar-refractivity contribution is 5.15. The molecule has 0 bridgehead atoms. The van der Waals surface area contributed by atoms with Gasteiger partial charge in [0, 0.05) is 12.5 Å². The molecule has 0 amide bonds. The smallest absolute Gasteiger partial charge is 0.253 e. The lowest BCUT2D eigenvalue weighted by atomic mass is 10.3. The van der Waals surface area contributed by atoms with Crippen LogP contribution in [0.25, 0.3) is 0 Å². The summed E-state index contributed by atoms with van der Waals surface area (Å²) < 4.78 is 48.2. The molecule has 0 spiro atoms. The largest absolute Gasteiger partial charge is 0.470 e. The molecular weight excluding hydrogens is 211 g/mol. The summed E-state index contributed by atoms with van der Waals surface area (Å²) in [6.45, 7) is 0.816. The Labute approximate surface area is 83.8 Å². The number of nitrogens with zero attached hydrogens (tertiary/aromatic N) is 1. The highest BCUT2D eigenvalue weighted by Crippen LogP contribution is 2.20. The van der Waals surface area contributed by atoms with Crippen LogP contribution in [0.15, 0.2) is 6.07 Å². The minimum absolute atomic E-state index is 0.306. The summed E-state index contributed by atoms with van der Waals surface area (Å²) in [5.74, 6) is -4.24. The van der Waals surface area contributed by atoms with Crippen molar-refractivity contribution in [1.82, 2.24) is 4.98 Å². The zero-order valence-electron chi connectivity index (χ0n) is 7.67. The SMILES string of the molecule is Fc1cc(F)c(OC2CCOC2)nc1F. The molecule has 1 unspecified atom stereocenters. The number of hydrogen-bond acceptors (Lipinski definition) is 3. The van der Waals surface area contributed by atoms with E-state index >= 15 is 0 Å². The quantitative estimate of drug-likeness (QED) is 0.709. The Morgan fingerprint density at radius 1 is 1.33 bits per heavy atom. The lowest BCUT2D eigenvalue weighted by Crippen LogP contribution is -2.17. The maximum absolute atomic E-state index is 13.0. The third-order valence-corrected chi connectivity index (χ3v) is 2.02. The summed E-state index contributed by atoms with van der Waals surface area (Å²) in [4.78, 5) is 3.04. The molecule has 2 heterocycles. The second-order valence-corrected chi connectivity index (χ2v) is 3.15. The van der Waals surface area contributed by atoms with Gasteiger partial charge in [-0.2, -0.15) is 9.37 Å². The summed E-state index contributed by atoms with van der Waals surface area (Å²) in [7, 11) is 0. The first kappa shape index (κ1) is 10.2. The van der Waals surface area contributed by atoms with E-state index in [1.807, 2.05) is 0 Å². The van der Waals surface area contributed by atoms with E-state index in [4.69, 9.17) is 9.47 Å². The molecule has 2 rings (SSSR count). The van der Waals surface area contributed by atoms with Crippen LogP contribution in [0.4, 0.5) is 13.2 Å². The van der Waals surface area contributed by atoms with Crippen LogP contribution >= 0.6 is 0 Å². The van der Waals surface area contributed by atoms with E-state index < -0.39 is 23.5 Å². The number of halogens is 3. The Morgan fingerprint density at radius 3 is 2.80 bits per heavy atom. The topological polar surface area (TPSA) is 31.4 Å². The highest BCUT2D eigenvalue weighted by Gasteiger charge is 2.21. The molecule has 0 radical (unpaired) electrons. The van der Waals surface area contributed by atoms with Crippen molar-refractivity contribution in [3.8, 4) is 5.88 Å². The van der Waals surface area contributed by atoms with Crippen LogP contribution in [0.3, 0.4) is 0 Å². The Balaban J connectivity index is 2.16. The fraction of sp³-hybridized carbons (Fsp3) is 0.444. The Hall–Kier alpha value is -1.30. The number of pyridine rings is 1. The summed E-state index contributed by atoms with van der Waals surface area (Å²) >= 11 is 0. The van der Waals surface area contributed by atoms with E-state index in [0.717, 1.165) is 0 Å². The lowest BCUT2D eigenvalue weighted by molar-refractivity contribution is 0.133. The molecule has 82 valence electrons. The first-order valence-corrected chi connectivity index (χ1v) is 4.43. The Bertz CT molecular complexity index is 367. The molecule has 0 aliphatic carbocycles. The van der Waals surface area contributed by atoms with Crippen molar-refractivity contribution in [1.29, 1.82) is 0 Å². The van der Waals surface area contributed by atoms with Crippen molar-refractivity contribution in [2.75, 3.05) is 13.2 Å². The van der Waals surface area contributed by atoms with Crippen LogP contribution in [0.2, 0.25) is 0 Å². The molecule has 1 aliphatic rings. The molecule has 1 aromatic heterocycles. The molecule has 0 saturated carbocycles. The third-order valence-electron chi connectivity index (χ3n) is 2.02. The molecular formula is C9H8F3NO2. The predicted octanol–water partition coefficient (Wildman–Crippen LogP) is 1.67. The Kier molecular flexibility index (Phi) is 2.77. The minimum Gasteiger partial charge on any atom is -0.470 e. The van der Waals surface area contributed by atoms with Gasteiger partial charge < -0.3 is 9.47 Å². The molecule has 0 N–H and O–H groups in total. The van der Waals surface area contributed by atoms with Gasteiger partial charge in [0.05, 0.1) is 13.2 Å². The van der Waals surface area contributed by atoms with E-state index in [-0.39, 0.29) is 6.10 Å². The maximum atomic E-state index is 13.0. The van der Waals surface area contributed by atoms with Gasteiger partial charge in [0.1, 0.15) is 6.10 Å². The van der Waals surface area contributed by atoms with Crippen molar-refractivity contribution in [3.05, 3.63) is 23.6 Å². The van der Waals surface area contributed by atoms with Gasteiger partial charge in [-0.1, -0.05) is 0 Å². The number of rotatable bonds is 2. The fourth-order valence-corrected chi connectivity index (χ4v) is 1.27.